The molecule has 3 aromatic carbocycles. The Kier molecular flexibility index (Phi) is 7.88. The fourth-order valence-electron chi connectivity index (χ4n) is 3.17. The van der Waals surface area contributed by atoms with Crippen molar-refractivity contribution in [2.75, 3.05) is 17.2 Å². The van der Waals surface area contributed by atoms with Gasteiger partial charge in [-0.1, -0.05) is 18.2 Å². The standard InChI is InChI=1S/C24H21F3N2O6S/c1-15-2-7-19(29-23(32)28-18-8-5-17(6-9-18)24(25,26)27)12-21(15)36(33,34)14-16-3-10-20(11-4-16)35-13-22(30)31/h2-12H,13-14H2,1H3,(H,30,31)(H2,28,29,32). The normalized spacial score (nSPS) is 11.6. The van der Waals surface area contributed by atoms with Crippen molar-refractivity contribution in [1.29, 1.82) is 0 Å². The number of rotatable bonds is 8. The van der Waals surface area contributed by atoms with Gasteiger partial charge >= 0.3 is 18.2 Å². The molecule has 0 aliphatic carbocycles. The number of ether oxygens (including phenoxy) is 1. The molecule has 12 heteroatoms. The highest BCUT2D eigenvalue weighted by atomic mass is 32.2. The van der Waals surface area contributed by atoms with E-state index in [2.05, 4.69) is 10.6 Å². The van der Waals surface area contributed by atoms with E-state index < -0.39 is 40.2 Å². The molecule has 0 unspecified atom stereocenters. The highest BCUT2D eigenvalue weighted by molar-refractivity contribution is 7.90. The van der Waals surface area contributed by atoms with E-state index >= 15 is 0 Å². The number of nitrogens with one attached hydrogen (secondary N) is 2. The first-order valence-electron chi connectivity index (χ1n) is 10.4. The van der Waals surface area contributed by atoms with Gasteiger partial charge in [-0.15, -0.1) is 0 Å². The molecule has 0 aliphatic heterocycles. The van der Waals surface area contributed by atoms with Crippen molar-refractivity contribution in [2.24, 2.45) is 0 Å². The Hall–Kier alpha value is -4.06. The van der Waals surface area contributed by atoms with Crippen molar-refractivity contribution in [1.82, 2.24) is 0 Å². The number of carboxylic acid groups (broad SMARTS) is 1. The molecule has 36 heavy (non-hydrogen) atoms. The number of urea groups is 1. The monoisotopic (exact) mass is 522 g/mol. The van der Waals surface area contributed by atoms with Gasteiger partial charge in [-0.3, -0.25) is 0 Å². The summed E-state index contributed by atoms with van der Waals surface area (Å²) in [6.45, 7) is 1.07. The van der Waals surface area contributed by atoms with E-state index in [1.165, 1.54) is 42.5 Å². The Morgan fingerprint density at radius 2 is 1.50 bits per heavy atom. The molecule has 0 aromatic heterocycles. The average Bonchev–Trinajstić information content (AvgIpc) is 2.79. The Labute approximate surface area is 204 Å². The van der Waals surface area contributed by atoms with Crippen LogP contribution in [-0.4, -0.2) is 32.1 Å². The van der Waals surface area contributed by atoms with Crippen LogP contribution in [0.25, 0.3) is 0 Å². The molecule has 0 radical (unpaired) electrons. The highest BCUT2D eigenvalue weighted by Crippen LogP contribution is 2.30. The second-order valence-electron chi connectivity index (χ2n) is 7.72. The SMILES string of the molecule is Cc1ccc(NC(=O)Nc2ccc(C(F)(F)F)cc2)cc1S(=O)(=O)Cc1ccc(OCC(=O)O)cc1. The van der Waals surface area contributed by atoms with Crippen molar-refractivity contribution in [2.45, 2.75) is 23.7 Å². The molecule has 0 atom stereocenters. The number of amides is 2. The number of alkyl halides is 3. The van der Waals surface area contributed by atoms with Crippen LogP contribution in [0, 0.1) is 6.92 Å². The number of anilines is 2. The molecular formula is C24H21F3N2O6S. The van der Waals surface area contributed by atoms with Crippen LogP contribution >= 0.6 is 0 Å². The highest BCUT2D eigenvalue weighted by Gasteiger charge is 2.30. The summed E-state index contributed by atoms with van der Waals surface area (Å²) in [6, 6.07) is 13.3. The van der Waals surface area contributed by atoms with E-state index in [-0.39, 0.29) is 27.8 Å². The number of benzene rings is 3. The van der Waals surface area contributed by atoms with E-state index in [9.17, 15) is 31.2 Å². The number of halogens is 3. The van der Waals surface area contributed by atoms with Gasteiger partial charge in [0.05, 0.1) is 16.2 Å². The third-order valence-corrected chi connectivity index (χ3v) is 6.72. The largest absolute Gasteiger partial charge is 0.482 e. The number of sulfone groups is 1. The van der Waals surface area contributed by atoms with Crippen LogP contribution in [0.2, 0.25) is 0 Å². The zero-order valence-electron chi connectivity index (χ0n) is 18.8. The van der Waals surface area contributed by atoms with E-state index in [1.54, 1.807) is 6.92 Å². The van der Waals surface area contributed by atoms with Crippen molar-refractivity contribution in [3.05, 3.63) is 83.4 Å². The molecule has 8 nitrogen and oxygen atoms in total. The summed E-state index contributed by atoms with van der Waals surface area (Å²) >= 11 is 0. The summed E-state index contributed by atoms with van der Waals surface area (Å²) in [5.41, 5.74) is 0.321. The van der Waals surface area contributed by atoms with Crippen LogP contribution in [0.4, 0.5) is 29.3 Å². The third-order valence-electron chi connectivity index (χ3n) is 4.89. The second-order valence-corrected chi connectivity index (χ2v) is 9.68. The Balaban J connectivity index is 1.69. The number of aryl methyl sites for hydroxylation is 1. The number of hydrogen-bond acceptors (Lipinski definition) is 5. The lowest BCUT2D eigenvalue weighted by Gasteiger charge is -2.13. The average molecular weight is 523 g/mol. The summed E-state index contributed by atoms with van der Waals surface area (Å²) in [5.74, 6) is -1.22. The maximum absolute atomic E-state index is 13.0. The van der Waals surface area contributed by atoms with Gasteiger partial charge in [0.15, 0.2) is 16.4 Å². The predicted molar refractivity (Wildman–Crippen MR) is 126 cm³/mol. The predicted octanol–water partition coefficient (Wildman–Crippen LogP) is 5.10. The van der Waals surface area contributed by atoms with E-state index in [4.69, 9.17) is 9.84 Å². The van der Waals surface area contributed by atoms with Crippen molar-refractivity contribution >= 4 is 33.2 Å². The van der Waals surface area contributed by atoms with Crippen LogP contribution in [0.3, 0.4) is 0 Å². The topological polar surface area (TPSA) is 122 Å². The molecule has 190 valence electrons. The molecule has 2 amide bonds. The van der Waals surface area contributed by atoms with Gasteiger partial charge in [-0.05, 0) is 66.6 Å². The smallest absolute Gasteiger partial charge is 0.416 e. The zero-order valence-corrected chi connectivity index (χ0v) is 19.6. The van der Waals surface area contributed by atoms with Crippen LogP contribution in [0.1, 0.15) is 16.7 Å². The van der Waals surface area contributed by atoms with Gasteiger partial charge in [-0.25, -0.2) is 18.0 Å². The summed E-state index contributed by atoms with van der Waals surface area (Å²) in [7, 11) is -3.83. The quantitative estimate of drug-likeness (QED) is 0.379. The van der Waals surface area contributed by atoms with Gasteiger partial charge in [0.2, 0.25) is 0 Å². The number of carbonyl (C=O) groups excluding carboxylic acids is 1. The van der Waals surface area contributed by atoms with Gasteiger partial charge in [-0.2, -0.15) is 13.2 Å². The molecular weight excluding hydrogens is 501 g/mol. The molecule has 0 spiro atoms. The second kappa shape index (κ2) is 10.7. The summed E-state index contributed by atoms with van der Waals surface area (Å²) < 4.78 is 69.1. The van der Waals surface area contributed by atoms with Crippen molar-refractivity contribution < 1.29 is 41.0 Å². The molecule has 0 saturated carbocycles. The molecule has 3 rings (SSSR count). The number of carbonyl (C=O) groups is 2. The lowest BCUT2D eigenvalue weighted by atomic mass is 10.2. The minimum Gasteiger partial charge on any atom is -0.482 e. The minimum absolute atomic E-state index is 0.0129. The summed E-state index contributed by atoms with van der Waals surface area (Å²) in [4.78, 5) is 22.8. The van der Waals surface area contributed by atoms with Gasteiger partial charge in [0.25, 0.3) is 0 Å². The Morgan fingerprint density at radius 3 is 2.08 bits per heavy atom. The molecule has 0 bridgehead atoms. The molecule has 0 fully saturated rings. The first-order valence-corrected chi connectivity index (χ1v) is 12.0. The molecule has 3 N–H and O–H groups in total. The van der Waals surface area contributed by atoms with Crippen LogP contribution in [0.5, 0.6) is 5.75 Å². The van der Waals surface area contributed by atoms with Crippen molar-refractivity contribution in [3.8, 4) is 5.75 Å². The van der Waals surface area contributed by atoms with Gasteiger partial charge in [0, 0.05) is 11.4 Å². The fraction of sp³-hybridized carbons (Fsp3) is 0.167. The third kappa shape index (κ3) is 7.22. The molecule has 3 aromatic rings. The number of carboxylic acids is 1. The number of aliphatic carboxylic acids is 1. The van der Waals surface area contributed by atoms with Crippen LogP contribution in [-0.2, 0) is 26.6 Å². The summed E-state index contributed by atoms with van der Waals surface area (Å²) in [5, 5.41) is 13.5. The molecule has 0 aliphatic rings. The Morgan fingerprint density at radius 1 is 0.917 bits per heavy atom. The van der Waals surface area contributed by atoms with Gasteiger partial charge in [0.1, 0.15) is 5.75 Å². The maximum atomic E-state index is 13.0. The Bertz CT molecular complexity index is 1360. The lowest BCUT2D eigenvalue weighted by molar-refractivity contribution is -0.139. The van der Waals surface area contributed by atoms with E-state index in [0.29, 0.717) is 11.1 Å². The first kappa shape index (κ1) is 26.5. The van der Waals surface area contributed by atoms with Crippen LogP contribution in [0.15, 0.2) is 71.6 Å². The van der Waals surface area contributed by atoms with E-state index in [1.807, 2.05) is 0 Å². The molecule has 0 heterocycles. The van der Waals surface area contributed by atoms with E-state index in [0.717, 1.165) is 24.3 Å². The first-order chi connectivity index (χ1) is 16.8. The maximum Gasteiger partial charge on any atom is 0.416 e. The van der Waals surface area contributed by atoms with Gasteiger partial charge < -0.3 is 20.5 Å². The zero-order chi connectivity index (χ0) is 26.5. The van der Waals surface area contributed by atoms with Crippen molar-refractivity contribution in [3.63, 3.8) is 0 Å². The number of hydrogen-bond donors (Lipinski definition) is 3. The fourth-order valence-corrected chi connectivity index (χ4v) is 4.82. The minimum atomic E-state index is -4.50. The summed E-state index contributed by atoms with van der Waals surface area (Å²) in [6.07, 6.45) is -4.50. The van der Waals surface area contributed by atoms with Crippen LogP contribution < -0.4 is 15.4 Å². The molecule has 0 saturated heterocycles. The lowest BCUT2D eigenvalue weighted by Crippen LogP contribution is -2.20.